The number of nitrogens with zero attached hydrogens (tertiary/aromatic N) is 2. The summed E-state index contributed by atoms with van der Waals surface area (Å²) in [6.45, 7) is 11.6. The second kappa shape index (κ2) is 10.5. The molecular formula is C32H44N2O2. The van der Waals surface area contributed by atoms with E-state index in [-0.39, 0.29) is 0 Å². The van der Waals surface area contributed by atoms with Crippen LogP contribution in [-0.2, 0) is 0 Å². The van der Waals surface area contributed by atoms with Gasteiger partial charge in [-0.1, -0.05) is 43.4 Å². The van der Waals surface area contributed by atoms with Crippen molar-refractivity contribution in [3.8, 4) is 0 Å². The lowest BCUT2D eigenvalue weighted by Gasteiger charge is -2.43. The number of rotatable bonds is 4. The quantitative estimate of drug-likeness (QED) is 0.318. The molecule has 2 aromatic rings. The second-order valence-electron chi connectivity index (χ2n) is 12.8. The van der Waals surface area contributed by atoms with Crippen LogP contribution in [0.5, 0.6) is 0 Å². The first kappa shape index (κ1) is 26.6. The number of anilines is 1. The third-order valence-electron chi connectivity index (χ3n) is 7.88. The highest BCUT2D eigenvalue weighted by molar-refractivity contribution is 5.83. The fourth-order valence-corrected chi connectivity index (χ4v) is 6.02. The maximum absolute atomic E-state index is 12.8. The van der Waals surface area contributed by atoms with Gasteiger partial charge in [0.1, 0.15) is 0 Å². The van der Waals surface area contributed by atoms with Gasteiger partial charge in [0.25, 0.3) is 5.69 Å². The molecule has 0 saturated heterocycles. The monoisotopic (exact) mass is 488 g/mol. The summed E-state index contributed by atoms with van der Waals surface area (Å²) in [4.78, 5) is 12.8. The van der Waals surface area contributed by atoms with E-state index in [4.69, 9.17) is 0 Å². The highest BCUT2D eigenvalue weighted by atomic mass is 16.5. The summed E-state index contributed by atoms with van der Waals surface area (Å²) in [5.41, 5.74) is 5.73. The average molecular weight is 489 g/mol. The van der Waals surface area contributed by atoms with Crippen molar-refractivity contribution < 1.29 is 4.76 Å². The largest absolute Gasteiger partial charge is 0.758 e. The van der Waals surface area contributed by atoms with E-state index < -0.39 is 11.1 Å². The van der Waals surface area contributed by atoms with E-state index in [0.717, 1.165) is 9.82 Å². The molecular weight excluding hydrogens is 444 g/mol. The Bertz CT molecular complexity index is 1050. The highest BCUT2D eigenvalue weighted by Gasteiger charge is 2.33. The molecule has 2 fully saturated rings. The minimum Gasteiger partial charge on any atom is -0.758 e. The van der Waals surface area contributed by atoms with Gasteiger partial charge in [-0.05, 0) is 99.3 Å². The molecule has 2 bridgehead atoms. The van der Waals surface area contributed by atoms with Crippen LogP contribution in [0, 0.1) is 22.0 Å². The van der Waals surface area contributed by atoms with Gasteiger partial charge in [0.2, 0.25) is 5.54 Å². The molecule has 2 saturated carbocycles. The summed E-state index contributed by atoms with van der Waals surface area (Å²) in [5.74, 6) is 1.23. The van der Waals surface area contributed by atoms with E-state index >= 15 is 0 Å². The first-order chi connectivity index (χ1) is 17.0. The van der Waals surface area contributed by atoms with Crippen molar-refractivity contribution >= 4 is 16.9 Å². The van der Waals surface area contributed by atoms with Crippen LogP contribution in [0.3, 0.4) is 0 Å². The van der Waals surface area contributed by atoms with Gasteiger partial charge in [-0.3, -0.25) is 0 Å². The predicted octanol–water partition coefficient (Wildman–Crippen LogP) is 9.18. The minimum absolute atomic E-state index is 0.480. The van der Waals surface area contributed by atoms with Crippen LogP contribution < -0.4 is 5.06 Å². The maximum atomic E-state index is 12.8. The van der Waals surface area contributed by atoms with Crippen molar-refractivity contribution in [1.82, 2.24) is 0 Å². The SMILES string of the molecule is CC(C)(C)N([O-])c1ccc(C(=C2C3CCCCC2CCCC3)c2ccc([N+](=O)C(C)(C)C)cc2)cc1. The summed E-state index contributed by atoms with van der Waals surface area (Å²) >= 11 is 0. The molecule has 0 amide bonds. The van der Waals surface area contributed by atoms with Crippen LogP contribution in [0.4, 0.5) is 11.4 Å². The normalized spacial score (nSPS) is 20.9. The molecule has 0 unspecified atom stereocenters. The second-order valence-corrected chi connectivity index (χ2v) is 12.8. The van der Waals surface area contributed by atoms with Crippen molar-refractivity contribution in [2.45, 2.75) is 104 Å². The topological polar surface area (TPSA) is 46.4 Å². The Morgan fingerprint density at radius 2 is 1.17 bits per heavy atom. The van der Waals surface area contributed by atoms with Crippen molar-refractivity contribution in [2.75, 3.05) is 5.06 Å². The Hall–Kier alpha value is -2.46. The summed E-state index contributed by atoms with van der Waals surface area (Å²) in [5, 5.41) is 13.9. The molecule has 0 radical (unpaired) electrons. The lowest BCUT2D eigenvalue weighted by atomic mass is 9.78. The van der Waals surface area contributed by atoms with Gasteiger partial charge in [0.05, 0.1) is 0 Å². The van der Waals surface area contributed by atoms with Crippen LogP contribution in [0.25, 0.3) is 5.57 Å². The van der Waals surface area contributed by atoms with Gasteiger partial charge in [0.15, 0.2) is 0 Å². The van der Waals surface area contributed by atoms with Crippen LogP contribution >= 0.6 is 0 Å². The number of fused-ring (bicyclic) bond motifs is 2. The number of hydrogen-bond acceptors (Lipinski definition) is 3. The Labute approximate surface area is 217 Å². The zero-order valence-corrected chi connectivity index (χ0v) is 23.1. The van der Waals surface area contributed by atoms with Crippen LogP contribution in [0.2, 0.25) is 0 Å². The molecule has 0 atom stereocenters. The Morgan fingerprint density at radius 3 is 1.56 bits per heavy atom. The van der Waals surface area contributed by atoms with Gasteiger partial charge in [0, 0.05) is 53.8 Å². The first-order valence-electron chi connectivity index (χ1n) is 13.9. The van der Waals surface area contributed by atoms with Gasteiger partial charge in [-0.15, -0.1) is 0 Å². The number of allylic oxidation sites excluding steroid dienone is 1. The van der Waals surface area contributed by atoms with E-state index in [1.807, 2.05) is 65.8 Å². The Morgan fingerprint density at radius 1 is 0.750 bits per heavy atom. The smallest absolute Gasteiger partial charge is 0.256 e. The molecule has 0 aromatic heterocycles. The van der Waals surface area contributed by atoms with E-state index in [9.17, 15) is 10.1 Å². The molecule has 4 nitrogen and oxygen atoms in total. The summed E-state index contributed by atoms with van der Waals surface area (Å²) in [6, 6.07) is 16.4. The molecule has 2 aliphatic rings. The lowest BCUT2D eigenvalue weighted by Crippen LogP contribution is -2.36. The van der Waals surface area contributed by atoms with Crippen LogP contribution in [-0.4, -0.2) is 15.8 Å². The Balaban J connectivity index is 1.85. The van der Waals surface area contributed by atoms with E-state index in [0.29, 0.717) is 23.2 Å². The lowest BCUT2D eigenvalue weighted by molar-refractivity contribution is -0.540. The van der Waals surface area contributed by atoms with E-state index in [1.54, 1.807) is 5.57 Å². The van der Waals surface area contributed by atoms with Crippen molar-refractivity contribution in [1.29, 1.82) is 0 Å². The van der Waals surface area contributed by atoms with Crippen molar-refractivity contribution in [2.24, 2.45) is 11.8 Å². The summed E-state index contributed by atoms with van der Waals surface area (Å²) in [7, 11) is 0. The first-order valence-corrected chi connectivity index (χ1v) is 13.9. The predicted molar refractivity (Wildman–Crippen MR) is 151 cm³/mol. The van der Waals surface area contributed by atoms with E-state index in [2.05, 4.69) is 24.3 Å². The summed E-state index contributed by atoms with van der Waals surface area (Å²) in [6.07, 6.45) is 10.3. The van der Waals surface area contributed by atoms with Crippen molar-refractivity contribution in [3.05, 3.63) is 75.3 Å². The number of benzene rings is 2. The highest BCUT2D eigenvalue weighted by Crippen LogP contribution is 2.47. The number of hydroxylamine groups is 1. The number of hydrogen-bond donors (Lipinski definition) is 0. The zero-order valence-electron chi connectivity index (χ0n) is 23.1. The molecule has 0 heterocycles. The van der Waals surface area contributed by atoms with E-state index in [1.165, 1.54) is 68.1 Å². The molecule has 4 rings (SSSR count). The zero-order chi connectivity index (χ0) is 26.1. The molecule has 2 aromatic carbocycles. The molecule has 4 heteroatoms. The van der Waals surface area contributed by atoms with Crippen molar-refractivity contribution in [3.63, 3.8) is 0 Å². The van der Waals surface area contributed by atoms with Crippen LogP contribution in [0.1, 0.15) is 104 Å². The van der Waals surface area contributed by atoms with Gasteiger partial charge in [-0.25, -0.2) is 0 Å². The molecule has 36 heavy (non-hydrogen) atoms. The molecule has 0 aliphatic heterocycles. The molecule has 194 valence electrons. The fourth-order valence-electron chi connectivity index (χ4n) is 6.02. The molecule has 0 N–H and O–H groups in total. The van der Waals surface area contributed by atoms with Gasteiger partial charge in [-0.2, -0.15) is 0 Å². The fraction of sp³-hybridized carbons (Fsp3) is 0.562. The Kier molecular flexibility index (Phi) is 7.75. The van der Waals surface area contributed by atoms with Gasteiger partial charge < -0.3 is 10.3 Å². The number of nitroso groups, excluding NO2 is 1. The maximum Gasteiger partial charge on any atom is 0.256 e. The standard InChI is InChI=1S/C32H44N2O2/c1-31(2,3)33(35)27-19-15-25(16-20-27)30(26-17-21-28(22-18-26)34(36)32(4,5)6)29-23-11-7-8-12-24(29)14-10-9-13-23/h15-24H,7-14H2,1-6H3. The third kappa shape index (κ3) is 5.75. The minimum atomic E-state index is -0.480. The third-order valence-corrected chi connectivity index (χ3v) is 7.88. The molecule has 2 aliphatic carbocycles. The summed E-state index contributed by atoms with van der Waals surface area (Å²) < 4.78 is 1.10. The van der Waals surface area contributed by atoms with Crippen LogP contribution in [0.15, 0.2) is 54.1 Å². The molecule has 0 spiro atoms. The average Bonchev–Trinajstić information content (AvgIpc) is 3.16. The van der Waals surface area contributed by atoms with Gasteiger partial charge >= 0.3 is 0 Å².